The Balaban J connectivity index is 2.40. The molecule has 0 unspecified atom stereocenters. The zero-order chi connectivity index (χ0) is 15.6. The van der Waals surface area contributed by atoms with Crippen molar-refractivity contribution in [1.29, 1.82) is 5.26 Å². The summed E-state index contributed by atoms with van der Waals surface area (Å²) in [5, 5.41) is 11.9. The molecule has 0 aliphatic heterocycles. The summed E-state index contributed by atoms with van der Waals surface area (Å²) in [5.74, 6) is 0. The number of hydrogen-bond acceptors (Lipinski definition) is 2. The van der Waals surface area contributed by atoms with Crippen LogP contribution in [-0.2, 0) is 6.18 Å². The van der Waals surface area contributed by atoms with Crippen molar-refractivity contribution in [3.05, 3.63) is 57.6 Å². The molecule has 6 heteroatoms. The summed E-state index contributed by atoms with van der Waals surface area (Å²) in [4.78, 5) is 0. The lowest BCUT2D eigenvalue weighted by Gasteiger charge is -2.13. The quantitative estimate of drug-likeness (QED) is 0.784. The minimum atomic E-state index is -4.44. The second kappa shape index (κ2) is 5.78. The minimum absolute atomic E-state index is 0.0232. The number of hydrogen-bond donors (Lipinski definition) is 1. The number of alkyl halides is 3. The number of anilines is 2. The Morgan fingerprint density at radius 2 is 1.86 bits per heavy atom. The van der Waals surface area contributed by atoms with E-state index in [9.17, 15) is 13.2 Å². The van der Waals surface area contributed by atoms with Crippen molar-refractivity contribution in [3.8, 4) is 6.07 Å². The van der Waals surface area contributed by atoms with Gasteiger partial charge >= 0.3 is 6.18 Å². The molecule has 0 atom stereocenters. The molecule has 0 saturated heterocycles. The Bertz CT molecular complexity index is 718. The Hall–Kier alpha value is -2.00. The van der Waals surface area contributed by atoms with E-state index < -0.39 is 11.7 Å². The molecule has 0 saturated carbocycles. The van der Waals surface area contributed by atoms with Gasteiger partial charge in [-0.3, -0.25) is 0 Å². The van der Waals surface area contributed by atoms with Crippen molar-refractivity contribution in [1.82, 2.24) is 0 Å². The van der Waals surface area contributed by atoms with Gasteiger partial charge in [0.1, 0.15) is 6.07 Å². The van der Waals surface area contributed by atoms with Crippen LogP contribution in [0.3, 0.4) is 0 Å². The number of nitriles is 1. The zero-order valence-corrected chi connectivity index (χ0v) is 12.5. The van der Waals surface area contributed by atoms with Gasteiger partial charge in [0.05, 0.1) is 16.8 Å². The predicted octanol–water partition coefficient (Wildman–Crippen LogP) is 5.39. The Morgan fingerprint density at radius 3 is 2.48 bits per heavy atom. The lowest BCUT2D eigenvalue weighted by molar-refractivity contribution is -0.138. The molecule has 0 heterocycles. The van der Waals surface area contributed by atoms with Gasteiger partial charge < -0.3 is 5.32 Å². The number of nitrogens with one attached hydrogen (secondary N) is 1. The Labute approximate surface area is 128 Å². The highest BCUT2D eigenvalue weighted by molar-refractivity contribution is 9.10. The SMILES string of the molecule is Cc1ccc(Nc2ccc(Br)c(C(F)(F)F)c2)c(C#N)c1. The third-order valence-electron chi connectivity index (χ3n) is 2.85. The van der Waals surface area contributed by atoms with Gasteiger partial charge in [-0.25, -0.2) is 0 Å². The Morgan fingerprint density at radius 1 is 1.14 bits per heavy atom. The molecule has 0 aliphatic rings. The summed E-state index contributed by atoms with van der Waals surface area (Å²) in [6, 6.07) is 11.0. The normalized spacial score (nSPS) is 11.0. The average molecular weight is 355 g/mol. The van der Waals surface area contributed by atoms with E-state index in [0.717, 1.165) is 11.6 Å². The van der Waals surface area contributed by atoms with Crippen molar-refractivity contribution in [2.75, 3.05) is 5.32 Å². The summed E-state index contributed by atoms with van der Waals surface area (Å²) >= 11 is 2.89. The average Bonchev–Trinajstić information content (AvgIpc) is 2.41. The highest BCUT2D eigenvalue weighted by Gasteiger charge is 2.33. The molecule has 21 heavy (non-hydrogen) atoms. The lowest BCUT2D eigenvalue weighted by Crippen LogP contribution is -2.06. The molecule has 2 aromatic carbocycles. The largest absolute Gasteiger partial charge is 0.417 e. The summed E-state index contributed by atoms with van der Waals surface area (Å²) in [7, 11) is 0. The monoisotopic (exact) mass is 354 g/mol. The summed E-state index contributed by atoms with van der Waals surface area (Å²) in [5.41, 5.74) is 1.26. The second-order valence-electron chi connectivity index (χ2n) is 4.48. The van der Waals surface area contributed by atoms with Gasteiger partial charge in [0.15, 0.2) is 0 Å². The van der Waals surface area contributed by atoms with Gasteiger partial charge in [-0.1, -0.05) is 22.0 Å². The van der Waals surface area contributed by atoms with E-state index in [1.807, 2.05) is 13.0 Å². The van der Waals surface area contributed by atoms with Crippen LogP contribution in [-0.4, -0.2) is 0 Å². The van der Waals surface area contributed by atoms with E-state index in [2.05, 4.69) is 21.2 Å². The van der Waals surface area contributed by atoms with Crippen molar-refractivity contribution < 1.29 is 13.2 Å². The van der Waals surface area contributed by atoms with E-state index in [1.54, 1.807) is 18.2 Å². The number of rotatable bonds is 2. The van der Waals surface area contributed by atoms with E-state index >= 15 is 0 Å². The van der Waals surface area contributed by atoms with Crippen LogP contribution in [0, 0.1) is 18.3 Å². The lowest BCUT2D eigenvalue weighted by atomic mass is 10.1. The number of aryl methyl sites for hydroxylation is 1. The van der Waals surface area contributed by atoms with Gasteiger partial charge in [0.25, 0.3) is 0 Å². The molecule has 0 aromatic heterocycles. The molecule has 2 rings (SSSR count). The minimum Gasteiger partial charge on any atom is -0.354 e. The fraction of sp³-hybridized carbons (Fsp3) is 0.133. The van der Waals surface area contributed by atoms with Crippen LogP contribution in [0.25, 0.3) is 0 Å². The number of nitrogens with zero attached hydrogens (tertiary/aromatic N) is 1. The van der Waals surface area contributed by atoms with E-state index in [1.165, 1.54) is 12.1 Å². The van der Waals surface area contributed by atoms with E-state index in [-0.39, 0.29) is 10.2 Å². The molecular formula is C15H10BrF3N2. The summed E-state index contributed by atoms with van der Waals surface area (Å²) < 4.78 is 38.5. The van der Waals surface area contributed by atoms with Crippen LogP contribution in [0.1, 0.15) is 16.7 Å². The molecule has 1 N–H and O–H groups in total. The maximum absolute atomic E-state index is 12.9. The third-order valence-corrected chi connectivity index (χ3v) is 3.54. The van der Waals surface area contributed by atoms with Crippen molar-refractivity contribution in [3.63, 3.8) is 0 Å². The first-order chi connectivity index (χ1) is 9.81. The molecule has 0 bridgehead atoms. The van der Waals surface area contributed by atoms with Crippen LogP contribution in [0.4, 0.5) is 24.5 Å². The summed E-state index contributed by atoms with van der Waals surface area (Å²) in [6.07, 6.45) is -4.44. The maximum atomic E-state index is 12.9. The van der Waals surface area contributed by atoms with Crippen LogP contribution in [0.2, 0.25) is 0 Å². The van der Waals surface area contributed by atoms with Crippen LogP contribution >= 0.6 is 15.9 Å². The Kier molecular flexibility index (Phi) is 4.24. The smallest absolute Gasteiger partial charge is 0.354 e. The third kappa shape index (κ3) is 3.56. The second-order valence-corrected chi connectivity index (χ2v) is 5.33. The molecule has 2 aromatic rings. The van der Waals surface area contributed by atoms with Crippen LogP contribution in [0.15, 0.2) is 40.9 Å². The van der Waals surface area contributed by atoms with Crippen LogP contribution in [0.5, 0.6) is 0 Å². The zero-order valence-electron chi connectivity index (χ0n) is 10.9. The molecule has 0 aliphatic carbocycles. The van der Waals surface area contributed by atoms with Crippen molar-refractivity contribution >= 4 is 27.3 Å². The van der Waals surface area contributed by atoms with Gasteiger partial charge in [-0.05, 0) is 42.8 Å². The fourth-order valence-electron chi connectivity index (χ4n) is 1.84. The molecule has 108 valence electrons. The molecule has 0 fully saturated rings. The number of benzene rings is 2. The van der Waals surface area contributed by atoms with Crippen molar-refractivity contribution in [2.24, 2.45) is 0 Å². The van der Waals surface area contributed by atoms with E-state index in [0.29, 0.717) is 11.3 Å². The predicted molar refractivity (Wildman–Crippen MR) is 78.3 cm³/mol. The maximum Gasteiger partial charge on any atom is 0.417 e. The van der Waals surface area contributed by atoms with Gasteiger partial charge in [-0.15, -0.1) is 0 Å². The van der Waals surface area contributed by atoms with Crippen LogP contribution < -0.4 is 5.32 Å². The van der Waals surface area contributed by atoms with Gasteiger partial charge in [0, 0.05) is 10.2 Å². The highest BCUT2D eigenvalue weighted by atomic mass is 79.9. The first kappa shape index (κ1) is 15.4. The molecule has 0 spiro atoms. The molecular weight excluding hydrogens is 345 g/mol. The van der Waals surface area contributed by atoms with E-state index in [4.69, 9.17) is 5.26 Å². The molecule has 2 nitrogen and oxygen atoms in total. The molecule has 0 amide bonds. The molecule has 0 radical (unpaired) electrons. The topological polar surface area (TPSA) is 35.8 Å². The standard InChI is InChI=1S/C15H10BrF3N2/c1-9-2-5-14(10(6-9)8-20)21-11-3-4-13(16)12(7-11)15(17,18)19/h2-7,21H,1H3. The number of halogens is 4. The van der Waals surface area contributed by atoms with Crippen molar-refractivity contribution in [2.45, 2.75) is 13.1 Å². The van der Waals surface area contributed by atoms with Gasteiger partial charge in [0.2, 0.25) is 0 Å². The fourth-order valence-corrected chi connectivity index (χ4v) is 2.31. The van der Waals surface area contributed by atoms with Gasteiger partial charge in [-0.2, -0.15) is 18.4 Å². The first-order valence-corrected chi connectivity index (χ1v) is 6.75. The first-order valence-electron chi connectivity index (χ1n) is 5.96. The summed E-state index contributed by atoms with van der Waals surface area (Å²) in [6.45, 7) is 1.84. The highest BCUT2D eigenvalue weighted by Crippen LogP contribution is 2.37.